The number of methoxy groups -OCH3 is 1. The van der Waals surface area contributed by atoms with Gasteiger partial charge in [-0.3, -0.25) is 0 Å². The summed E-state index contributed by atoms with van der Waals surface area (Å²) in [6.45, 7) is 12.4. The molecule has 0 radical (unpaired) electrons. The summed E-state index contributed by atoms with van der Waals surface area (Å²) >= 11 is 0. The standard InChI is InChI=1S/C21H32N4O/c1-14(2)17-9-7-10-18(15(3)4)20(17)24-19-13-16(5)23-21(25-19)22-11-8-12-26-6/h7,9-10,13-15H,8,11-12H2,1-6H3,(H2,22,23,24,25). The zero-order valence-electron chi connectivity index (χ0n) is 16.9. The summed E-state index contributed by atoms with van der Waals surface area (Å²) in [5.41, 5.74) is 4.72. The zero-order chi connectivity index (χ0) is 19.1. The highest BCUT2D eigenvalue weighted by Gasteiger charge is 2.15. The van der Waals surface area contributed by atoms with Gasteiger partial charge in [0.15, 0.2) is 0 Å². The van der Waals surface area contributed by atoms with Crippen molar-refractivity contribution in [3.05, 3.63) is 41.1 Å². The van der Waals surface area contributed by atoms with E-state index in [-0.39, 0.29) is 0 Å². The zero-order valence-corrected chi connectivity index (χ0v) is 16.9. The van der Waals surface area contributed by atoms with Gasteiger partial charge in [0.25, 0.3) is 0 Å². The Morgan fingerprint density at radius 3 is 2.27 bits per heavy atom. The number of para-hydroxylation sites is 1. The Balaban J connectivity index is 2.29. The monoisotopic (exact) mass is 356 g/mol. The van der Waals surface area contributed by atoms with Gasteiger partial charge < -0.3 is 15.4 Å². The lowest BCUT2D eigenvalue weighted by molar-refractivity contribution is 0.197. The first-order chi connectivity index (χ1) is 12.4. The van der Waals surface area contributed by atoms with Crippen LogP contribution in [0.5, 0.6) is 0 Å². The van der Waals surface area contributed by atoms with Gasteiger partial charge in [0.1, 0.15) is 5.82 Å². The maximum Gasteiger partial charge on any atom is 0.224 e. The van der Waals surface area contributed by atoms with Crippen LogP contribution in [-0.2, 0) is 4.74 Å². The summed E-state index contributed by atoms with van der Waals surface area (Å²) in [5, 5.41) is 6.85. The van der Waals surface area contributed by atoms with E-state index in [4.69, 9.17) is 4.74 Å². The predicted molar refractivity (Wildman–Crippen MR) is 110 cm³/mol. The molecule has 0 saturated heterocycles. The second kappa shape index (κ2) is 9.53. The number of hydrogen-bond acceptors (Lipinski definition) is 5. The molecule has 26 heavy (non-hydrogen) atoms. The molecule has 1 aromatic heterocycles. The summed E-state index contributed by atoms with van der Waals surface area (Å²) in [6, 6.07) is 8.51. The van der Waals surface area contributed by atoms with Crippen LogP contribution >= 0.6 is 0 Å². The maximum absolute atomic E-state index is 5.08. The van der Waals surface area contributed by atoms with E-state index < -0.39 is 0 Å². The lowest BCUT2D eigenvalue weighted by atomic mass is 9.92. The van der Waals surface area contributed by atoms with Crippen LogP contribution < -0.4 is 10.6 Å². The fourth-order valence-electron chi connectivity index (χ4n) is 2.95. The van der Waals surface area contributed by atoms with Crippen LogP contribution in [0.25, 0.3) is 0 Å². The minimum atomic E-state index is 0.436. The normalized spacial score (nSPS) is 11.2. The van der Waals surface area contributed by atoms with Gasteiger partial charge in [0.2, 0.25) is 5.95 Å². The lowest BCUT2D eigenvalue weighted by Crippen LogP contribution is -2.10. The number of benzene rings is 1. The van der Waals surface area contributed by atoms with Crippen LogP contribution in [-0.4, -0.2) is 30.2 Å². The molecule has 0 aliphatic heterocycles. The molecule has 0 unspecified atom stereocenters. The van der Waals surface area contributed by atoms with E-state index in [0.29, 0.717) is 17.8 Å². The minimum Gasteiger partial charge on any atom is -0.385 e. The third-order valence-corrected chi connectivity index (χ3v) is 4.29. The van der Waals surface area contributed by atoms with Gasteiger partial charge in [-0.15, -0.1) is 0 Å². The number of nitrogens with zero attached hydrogens (tertiary/aromatic N) is 2. The number of ether oxygens (including phenoxy) is 1. The molecule has 1 aromatic carbocycles. The molecule has 0 fully saturated rings. The second-order valence-electron chi connectivity index (χ2n) is 7.24. The first-order valence-corrected chi connectivity index (χ1v) is 9.40. The SMILES string of the molecule is COCCCNc1nc(C)cc(Nc2c(C(C)C)cccc2C(C)C)n1. The summed E-state index contributed by atoms with van der Waals surface area (Å²) in [5.74, 6) is 2.34. The first-order valence-electron chi connectivity index (χ1n) is 9.40. The third kappa shape index (κ3) is 5.43. The Kier molecular flexibility index (Phi) is 7.39. The van der Waals surface area contributed by atoms with Crippen LogP contribution in [0, 0.1) is 6.92 Å². The van der Waals surface area contributed by atoms with Crippen molar-refractivity contribution in [1.29, 1.82) is 0 Å². The molecule has 0 aliphatic carbocycles. The van der Waals surface area contributed by atoms with Gasteiger partial charge in [-0.2, -0.15) is 4.98 Å². The molecule has 2 N–H and O–H groups in total. The van der Waals surface area contributed by atoms with Crippen LogP contribution in [0.3, 0.4) is 0 Å². The Hall–Kier alpha value is -2.14. The molecule has 5 heteroatoms. The van der Waals surface area contributed by atoms with Crippen LogP contribution in [0.1, 0.15) is 62.8 Å². The quantitative estimate of drug-likeness (QED) is 0.603. The lowest BCUT2D eigenvalue weighted by Gasteiger charge is -2.21. The van der Waals surface area contributed by atoms with Crippen LogP contribution in [0.15, 0.2) is 24.3 Å². The highest BCUT2D eigenvalue weighted by molar-refractivity contribution is 5.67. The number of hydrogen-bond donors (Lipinski definition) is 2. The van der Waals surface area contributed by atoms with E-state index in [1.165, 1.54) is 16.8 Å². The van der Waals surface area contributed by atoms with Crippen molar-refractivity contribution in [2.24, 2.45) is 0 Å². The van der Waals surface area contributed by atoms with Gasteiger partial charge in [-0.1, -0.05) is 45.9 Å². The van der Waals surface area contributed by atoms with E-state index >= 15 is 0 Å². The molecule has 0 spiro atoms. The summed E-state index contributed by atoms with van der Waals surface area (Å²) < 4.78 is 5.08. The molecular weight excluding hydrogens is 324 g/mol. The summed E-state index contributed by atoms with van der Waals surface area (Å²) in [7, 11) is 1.71. The number of aromatic nitrogens is 2. The Bertz CT molecular complexity index is 687. The van der Waals surface area contributed by atoms with Gasteiger partial charge in [0, 0.05) is 37.7 Å². The number of rotatable bonds is 9. The van der Waals surface area contributed by atoms with Gasteiger partial charge in [-0.25, -0.2) is 4.98 Å². The highest BCUT2D eigenvalue weighted by atomic mass is 16.5. The molecule has 0 aliphatic rings. The fraction of sp³-hybridized carbons (Fsp3) is 0.524. The molecule has 1 heterocycles. The molecule has 2 rings (SSSR count). The predicted octanol–water partition coefficient (Wildman–Crippen LogP) is 5.22. The van der Waals surface area contributed by atoms with E-state index in [1.54, 1.807) is 7.11 Å². The van der Waals surface area contributed by atoms with Gasteiger partial charge in [0.05, 0.1) is 0 Å². The van der Waals surface area contributed by atoms with E-state index in [1.807, 2.05) is 13.0 Å². The van der Waals surface area contributed by atoms with Gasteiger partial charge in [-0.05, 0) is 36.3 Å². The molecule has 0 bridgehead atoms. The minimum absolute atomic E-state index is 0.436. The average molecular weight is 357 g/mol. The Morgan fingerprint density at radius 2 is 1.69 bits per heavy atom. The van der Waals surface area contributed by atoms with Crippen molar-refractivity contribution in [3.8, 4) is 0 Å². The maximum atomic E-state index is 5.08. The highest BCUT2D eigenvalue weighted by Crippen LogP contribution is 2.34. The molecule has 142 valence electrons. The third-order valence-electron chi connectivity index (χ3n) is 4.29. The topological polar surface area (TPSA) is 59.1 Å². The average Bonchev–Trinajstić information content (AvgIpc) is 2.58. The first kappa shape index (κ1) is 20.2. The van der Waals surface area contributed by atoms with Crippen molar-refractivity contribution >= 4 is 17.5 Å². The van der Waals surface area contributed by atoms with Crippen LogP contribution in [0.4, 0.5) is 17.5 Å². The molecule has 0 atom stereocenters. The smallest absolute Gasteiger partial charge is 0.224 e. The van der Waals surface area contributed by atoms with E-state index in [0.717, 1.165) is 31.1 Å². The molecule has 5 nitrogen and oxygen atoms in total. The largest absolute Gasteiger partial charge is 0.385 e. The fourth-order valence-corrected chi connectivity index (χ4v) is 2.95. The van der Waals surface area contributed by atoms with Crippen molar-refractivity contribution in [3.63, 3.8) is 0 Å². The van der Waals surface area contributed by atoms with Crippen molar-refractivity contribution < 1.29 is 4.74 Å². The van der Waals surface area contributed by atoms with Crippen molar-refractivity contribution in [2.75, 3.05) is 30.9 Å². The Labute approximate surface area is 157 Å². The molecular formula is C21H32N4O. The number of anilines is 3. The van der Waals surface area contributed by atoms with Crippen LogP contribution in [0.2, 0.25) is 0 Å². The number of aryl methyl sites for hydroxylation is 1. The molecule has 2 aromatic rings. The number of nitrogens with one attached hydrogen (secondary N) is 2. The summed E-state index contributed by atoms with van der Waals surface area (Å²) in [4.78, 5) is 9.14. The van der Waals surface area contributed by atoms with E-state index in [2.05, 4.69) is 66.5 Å². The van der Waals surface area contributed by atoms with Gasteiger partial charge >= 0.3 is 0 Å². The van der Waals surface area contributed by atoms with Crippen molar-refractivity contribution in [2.45, 2.75) is 52.9 Å². The van der Waals surface area contributed by atoms with E-state index in [9.17, 15) is 0 Å². The Morgan fingerprint density at radius 1 is 1.04 bits per heavy atom. The summed E-state index contributed by atoms with van der Waals surface area (Å²) in [6.07, 6.45) is 0.921. The second-order valence-corrected chi connectivity index (χ2v) is 7.24. The van der Waals surface area contributed by atoms with Crippen molar-refractivity contribution in [1.82, 2.24) is 9.97 Å². The molecule has 0 saturated carbocycles. The molecule has 0 amide bonds.